The summed E-state index contributed by atoms with van der Waals surface area (Å²) < 4.78 is 7.24. The van der Waals surface area contributed by atoms with Crippen molar-refractivity contribution in [2.24, 2.45) is 5.92 Å². The van der Waals surface area contributed by atoms with Crippen molar-refractivity contribution in [3.63, 3.8) is 0 Å². The number of amides is 1. The maximum atomic E-state index is 12.3. The Labute approximate surface area is 207 Å². The van der Waals surface area contributed by atoms with E-state index in [-0.39, 0.29) is 18.6 Å². The lowest BCUT2D eigenvalue weighted by atomic mass is 10.0. The average Bonchev–Trinajstić information content (AvgIpc) is 3.34. The molecule has 1 atom stereocenters. The van der Waals surface area contributed by atoms with Gasteiger partial charge in [-0.15, -0.1) is 10.2 Å². The number of ether oxygens (including phenoxy) is 1. The van der Waals surface area contributed by atoms with Crippen molar-refractivity contribution in [3.8, 4) is 11.1 Å². The molecular formula is C28H35N5O2. The van der Waals surface area contributed by atoms with E-state index in [2.05, 4.69) is 81.3 Å². The summed E-state index contributed by atoms with van der Waals surface area (Å²) in [7, 11) is 1.54. The highest BCUT2D eigenvalue weighted by Gasteiger charge is 2.26. The van der Waals surface area contributed by atoms with E-state index in [9.17, 15) is 4.79 Å². The van der Waals surface area contributed by atoms with Gasteiger partial charge in [0.25, 0.3) is 0 Å². The van der Waals surface area contributed by atoms with Crippen molar-refractivity contribution < 1.29 is 9.53 Å². The SMILES string of the molecule is COCC(=O)N[C@H](CC(C)C)c1nnc2n1CCN(Cc1ccc3c(c1)Cc1ccccc1-3)CC2. The van der Waals surface area contributed by atoms with Gasteiger partial charge in [0.05, 0.1) is 6.04 Å². The molecule has 5 rings (SSSR count). The minimum atomic E-state index is -0.163. The maximum Gasteiger partial charge on any atom is 0.246 e. The normalized spacial score (nSPS) is 15.9. The molecule has 3 aromatic rings. The van der Waals surface area contributed by atoms with Crippen LogP contribution in [0.1, 0.15) is 54.6 Å². The van der Waals surface area contributed by atoms with Crippen LogP contribution in [0.5, 0.6) is 0 Å². The molecule has 0 saturated heterocycles. The molecule has 0 fully saturated rings. The van der Waals surface area contributed by atoms with E-state index in [0.29, 0.717) is 5.92 Å². The summed E-state index contributed by atoms with van der Waals surface area (Å²) in [5.41, 5.74) is 6.97. The topological polar surface area (TPSA) is 72.3 Å². The molecule has 7 heteroatoms. The third kappa shape index (κ3) is 5.16. The van der Waals surface area contributed by atoms with Gasteiger partial charge in [-0.25, -0.2) is 0 Å². The number of rotatable bonds is 8. The highest BCUT2D eigenvalue weighted by atomic mass is 16.5. The molecule has 0 unspecified atom stereocenters. The van der Waals surface area contributed by atoms with Crippen LogP contribution in [-0.2, 0) is 35.5 Å². The third-order valence-corrected chi connectivity index (χ3v) is 7.04. The highest BCUT2D eigenvalue weighted by Crippen LogP contribution is 2.37. The van der Waals surface area contributed by atoms with E-state index in [1.54, 1.807) is 0 Å². The zero-order chi connectivity index (χ0) is 24.4. The van der Waals surface area contributed by atoms with Gasteiger partial charge in [-0.3, -0.25) is 9.69 Å². The van der Waals surface area contributed by atoms with Crippen LogP contribution in [0.3, 0.4) is 0 Å². The number of fused-ring (bicyclic) bond motifs is 4. The monoisotopic (exact) mass is 473 g/mol. The molecule has 0 spiro atoms. The number of nitrogens with one attached hydrogen (secondary N) is 1. The number of carbonyl (C=O) groups is 1. The number of carbonyl (C=O) groups excluding carboxylic acids is 1. The predicted molar refractivity (Wildman–Crippen MR) is 136 cm³/mol. The van der Waals surface area contributed by atoms with Crippen LogP contribution in [0.15, 0.2) is 42.5 Å². The summed E-state index contributed by atoms with van der Waals surface area (Å²) in [5.74, 6) is 2.16. The highest BCUT2D eigenvalue weighted by molar-refractivity contribution is 5.77. The summed E-state index contributed by atoms with van der Waals surface area (Å²) in [6.07, 6.45) is 2.69. The quantitative estimate of drug-likeness (QED) is 0.422. The molecule has 1 aliphatic heterocycles. The lowest BCUT2D eigenvalue weighted by molar-refractivity contribution is -0.125. The molecule has 1 aromatic heterocycles. The predicted octanol–water partition coefficient (Wildman–Crippen LogP) is 3.76. The molecule has 7 nitrogen and oxygen atoms in total. The number of hydrogen-bond donors (Lipinski definition) is 1. The second-order valence-corrected chi connectivity index (χ2v) is 10.2. The molecule has 2 aliphatic rings. The van der Waals surface area contributed by atoms with E-state index in [1.807, 2.05) is 0 Å². The number of aromatic nitrogens is 3. The third-order valence-electron chi connectivity index (χ3n) is 7.04. The maximum absolute atomic E-state index is 12.3. The Morgan fingerprint density at radius 3 is 2.71 bits per heavy atom. The second-order valence-electron chi connectivity index (χ2n) is 10.2. The van der Waals surface area contributed by atoms with Crippen molar-refractivity contribution >= 4 is 5.91 Å². The second kappa shape index (κ2) is 10.3. The molecule has 1 N–H and O–H groups in total. The number of hydrogen-bond acceptors (Lipinski definition) is 5. The van der Waals surface area contributed by atoms with E-state index in [1.165, 1.54) is 34.9 Å². The van der Waals surface area contributed by atoms with Crippen molar-refractivity contribution in [1.29, 1.82) is 0 Å². The first-order valence-corrected chi connectivity index (χ1v) is 12.6. The molecule has 0 bridgehead atoms. The Morgan fingerprint density at radius 2 is 1.89 bits per heavy atom. The number of nitrogens with zero attached hydrogens (tertiary/aromatic N) is 4. The van der Waals surface area contributed by atoms with Gasteiger partial charge in [0, 0.05) is 39.7 Å². The first-order valence-electron chi connectivity index (χ1n) is 12.6. The van der Waals surface area contributed by atoms with Crippen LogP contribution < -0.4 is 5.32 Å². The van der Waals surface area contributed by atoms with Gasteiger partial charge < -0.3 is 14.6 Å². The Bertz CT molecular complexity index is 1200. The molecule has 2 heterocycles. The van der Waals surface area contributed by atoms with Crippen LogP contribution in [0.2, 0.25) is 0 Å². The van der Waals surface area contributed by atoms with Gasteiger partial charge in [0.1, 0.15) is 12.4 Å². The Hall–Kier alpha value is -3.03. The summed E-state index contributed by atoms with van der Waals surface area (Å²) in [6, 6.07) is 15.5. The van der Waals surface area contributed by atoms with Crippen molar-refractivity contribution in [2.75, 3.05) is 26.8 Å². The summed E-state index contributed by atoms with van der Waals surface area (Å²) in [6.45, 7) is 7.99. The van der Waals surface area contributed by atoms with Gasteiger partial charge in [0.15, 0.2) is 5.82 Å². The lowest BCUT2D eigenvalue weighted by Gasteiger charge is -2.22. The molecular weight excluding hydrogens is 438 g/mol. The van der Waals surface area contributed by atoms with E-state index >= 15 is 0 Å². The van der Waals surface area contributed by atoms with Crippen LogP contribution >= 0.6 is 0 Å². The largest absolute Gasteiger partial charge is 0.375 e. The Kier molecular flexibility index (Phi) is 6.97. The molecule has 1 amide bonds. The lowest BCUT2D eigenvalue weighted by Crippen LogP contribution is -2.34. The first-order chi connectivity index (χ1) is 17.0. The van der Waals surface area contributed by atoms with Crippen molar-refractivity contribution in [1.82, 2.24) is 25.0 Å². The average molecular weight is 474 g/mol. The first kappa shape index (κ1) is 23.7. The Balaban J connectivity index is 1.27. The summed E-state index contributed by atoms with van der Waals surface area (Å²) >= 11 is 0. The number of methoxy groups -OCH3 is 1. The zero-order valence-corrected chi connectivity index (χ0v) is 21.0. The molecule has 1 aliphatic carbocycles. The van der Waals surface area contributed by atoms with Gasteiger partial charge >= 0.3 is 0 Å². The van der Waals surface area contributed by atoms with Gasteiger partial charge in [-0.2, -0.15) is 0 Å². The van der Waals surface area contributed by atoms with Crippen molar-refractivity contribution in [2.45, 2.75) is 52.2 Å². The van der Waals surface area contributed by atoms with Gasteiger partial charge in [0.2, 0.25) is 5.91 Å². The van der Waals surface area contributed by atoms with Crippen LogP contribution in [0.4, 0.5) is 0 Å². The van der Waals surface area contributed by atoms with Gasteiger partial charge in [-0.1, -0.05) is 56.3 Å². The fourth-order valence-corrected chi connectivity index (χ4v) is 5.43. The van der Waals surface area contributed by atoms with E-state index in [4.69, 9.17) is 4.74 Å². The van der Waals surface area contributed by atoms with E-state index < -0.39 is 0 Å². The minimum Gasteiger partial charge on any atom is -0.375 e. The fraction of sp³-hybridized carbons (Fsp3) is 0.464. The van der Waals surface area contributed by atoms with E-state index in [0.717, 1.165) is 57.1 Å². The fourth-order valence-electron chi connectivity index (χ4n) is 5.43. The molecule has 184 valence electrons. The smallest absolute Gasteiger partial charge is 0.246 e. The Morgan fingerprint density at radius 1 is 1.06 bits per heavy atom. The summed E-state index contributed by atoms with van der Waals surface area (Å²) in [5, 5.41) is 12.1. The molecule has 0 radical (unpaired) electrons. The van der Waals surface area contributed by atoms with Crippen LogP contribution in [-0.4, -0.2) is 52.4 Å². The standard InChI is InChI=1S/C28H35N5O2/c1-19(2)14-25(29-27(34)18-35-3)28-31-30-26-10-11-32(12-13-33(26)28)17-20-8-9-24-22(15-20)16-21-6-4-5-7-23(21)24/h4-9,15,19,25H,10-14,16-18H2,1-3H3,(H,29,34)/t25-/m1/s1. The molecule has 35 heavy (non-hydrogen) atoms. The van der Waals surface area contributed by atoms with Crippen molar-refractivity contribution in [3.05, 3.63) is 70.8 Å². The zero-order valence-electron chi connectivity index (χ0n) is 21.0. The van der Waals surface area contributed by atoms with Crippen LogP contribution in [0.25, 0.3) is 11.1 Å². The van der Waals surface area contributed by atoms with Gasteiger partial charge in [-0.05, 0) is 46.6 Å². The minimum absolute atomic E-state index is 0.0508. The number of benzene rings is 2. The van der Waals surface area contributed by atoms with Crippen LogP contribution in [0, 0.1) is 5.92 Å². The molecule has 0 saturated carbocycles. The molecule has 2 aromatic carbocycles. The summed E-state index contributed by atoms with van der Waals surface area (Å²) in [4.78, 5) is 14.8.